The minimum Gasteiger partial charge on any atom is -0.262 e. The van der Waals surface area contributed by atoms with Crippen LogP contribution in [0.15, 0.2) is 18.3 Å². The summed E-state index contributed by atoms with van der Waals surface area (Å²) in [6, 6.07) is 3.50. The van der Waals surface area contributed by atoms with Crippen molar-refractivity contribution >= 4 is 31.9 Å². The maximum Gasteiger partial charge on any atom is 0.368 e. The van der Waals surface area contributed by atoms with Crippen molar-refractivity contribution in [1.82, 2.24) is 4.98 Å². The SMILES string of the molecule is Cc1cccnc1C(Br)(Br)[N+](=O)[O-]. The summed E-state index contributed by atoms with van der Waals surface area (Å²) >= 11 is 5.92. The smallest absolute Gasteiger partial charge is 0.262 e. The lowest BCUT2D eigenvalue weighted by atomic mass is 10.2. The second-order valence-electron chi connectivity index (χ2n) is 2.47. The highest BCUT2D eigenvalue weighted by Crippen LogP contribution is 2.38. The molecule has 0 saturated heterocycles. The molecule has 4 nitrogen and oxygen atoms in total. The third-order valence-corrected chi connectivity index (χ3v) is 2.85. The topological polar surface area (TPSA) is 56.0 Å². The first-order chi connectivity index (χ1) is 5.96. The van der Waals surface area contributed by atoms with E-state index in [-0.39, 0.29) is 0 Å². The fraction of sp³-hybridized carbons (Fsp3) is 0.286. The number of pyridine rings is 1. The molecule has 0 N–H and O–H groups in total. The average Bonchev–Trinajstić information content (AvgIpc) is 2.04. The van der Waals surface area contributed by atoms with Crippen LogP contribution in [-0.4, -0.2) is 9.91 Å². The summed E-state index contributed by atoms with van der Waals surface area (Å²) in [7, 11) is 0. The highest BCUT2D eigenvalue weighted by molar-refractivity contribution is 9.24. The Morgan fingerprint density at radius 2 is 2.23 bits per heavy atom. The van der Waals surface area contributed by atoms with Crippen LogP contribution in [0.25, 0.3) is 0 Å². The van der Waals surface area contributed by atoms with E-state index in [4.69, 9.17) is 0 Å². The molecule has 0 aliphatic heterocycles. The minimum absolute atomic E-state index is 0.361. The fourth-order valence-electron chi connectivity index (χ4n) is 0.887. The molecule has 0 atom stereocenters. The molecule has 6 heteroatoms. The van der Waals surface area contributed by atoms with E-state index in [1.165, 1.54) is 6.20 Å². The van der Waals surface area contributed by atoms with Crippen LogP contribution in [0.1, 0.15) is 11.3 Å². The van der Waals surface area contributed by atoms with Gasteiger partial charge in [0.05, 0.1) is 4.92 Å². The number of nitrogens with zero attached hydrogens (tertiary/aromatic N) is 2. The number of halogens is 2. The summed E-state index contributed by atoms with van der Waals surface area (Å²) in [6.45, 7) is 1.77. The van der Waals surface area contributed by atoms with Gasteiger partial charge in [-0.25, -0.2) is 0 Å². The molecule has 70 valence electrons. The van der Waals surface area contributed by atoms with Crippen LogP contribution in [0.2, 0.25) is 0 Å². The van der Waals surface area contributed by atoms with Crippen LogP contribution in [0.4, 0.5) is 0 Å². The van der Waals surface area contributed by atoms with Crippen molar-refractivity contribution in [1.29, 1.82) is 0 Å². The lowest BCUT2D eigenvalue weighted by Gasteiger charge is -2.12. The van der Waals surface area contributed by atoms with Gasteiger partial charge in [0.15, 0.2) is 0 Å². The number of hydrogen-bond acceptors (Lipinski definition) is 3. The molecule has 0 spiro atoms. The lowest BCUT2D eigenvalue weighted by molar-refractivity contribution is -0.511. The molecule has 13 heavy (non-hydrogen) atoms. The van der Waals surface area contributed by atoms with E-state index in [0.717, 1.165) is 5.56 Å². The van der Waals surface area contributed by atoms with Crippen molar-refractivity contribution in [3.63, 3.8) is 0 Å². The van der Waals surface area contributed by atoms with Gasteiger partial charge in [-0.3, -0.25) is 15.1 Å². The minimum atomic E-state index is -1.48. The quantitative estimate of drug-likeness (QED) is 0.365. The van der Waals surface area contributed by atoms with Crippen LogP contribution >= 0.6 is 31.9 Å². The van der Waals surface area contributed by atoms with Crippen LogP contribution in [0, 0.1) is 17.0 Å². The van der Waals surface area contributed by atoms with Gasteiger partial charge in [-0.05, 0) is 18.6 Å². The first-order valence-electron chi connectivity index (χ1n) is 3.40. The van der Waals surface area contributed by atoms with Gasteiger partial charge in [-0.15, -0.1) is 0 Å². The van der Waals surface area contributed by atoms with Crippen molar-refractivity contribution in [2.45, 2.75) is 10.3 Å². The molecule has 1 aromatic heterocycles. The third kappa shape index (κ3) is 2.05. The zero-order chi connectivity index (χ0) is 10.1. The Kier molecular flexibility index (Phi) is 3.02. The van der Waals surface area contributed by atoms with Gasteiger partial charge >= 0.3 is 3.36 Å². The van der Waals surface area contributed by atoms with Crippen LogP contribution in [0.3, 0.4) is 0 Å². The molecule has 0 saturated carbocycles. The van der Waals surface area contributed by atoms with E-state index in [1.807, 2.05) is 0 Å². The van der Waals surface area contributed by atoms with Gasteiger partial charge in [0.2, 0.25) is 0 Å². The predicted molar refractivity (Wildman–Crippen MR) is 55.5 cm³/mol. The Labute approximate surface area is 91.8 Å². The monoisotopic (exact) mass is 308 g/mol. The highest BCUT2D eigenvalue weighted by atomic mass is 79.9. The van der Waals surface area contributed by atoms with Gasteiger partial charge in [0.1, 0.15) is 5.69 Å². The summed E-state index contributed by atoms with van der Waals surface area (Å²) in [5.74, 6) is 0. The summed E-state index contributed by atoms with van der Waals surface area (Å²) < 4.78 is -1.48. The normalized spacial score (nSPS) is 11.3. The largest absolute Gasteiger partial charge is 0.368 e. The summed E-state index contributed by atoms with van der Waals surface area (Å²) in [5.41, 5.74) is 1.12. The third-order valence-electron chi connectivity index (χ3n) is 1.52. The summed E-state index contributed by atoms with van der Waals surface area (Å²) in [6.07, 6.45) is 1.52. The number of aryl methyl sites for hydroxylation is 1. The molecule has 0 aliphatic carbocycles. The maximum absolute atomic E-state index is 10.6. The zero-order valence-electron chi connectivity index (χ0n) is 6.70. The summed E-state index contributed by atoms with van der Waals surface area (Å²) in [4.78, 5) is 14.1. The Morgan fingerprint density at radius 3 is 2.69 bits per heavy atom. The Balaban J connectivity index is 3.22. The van der Waals surface area contributed by atoms with Gasteiger partial charge in [-0.2, -0.15) is 0 Å². The Hall–Kier alpha value is -0.490. The zero-order valence-corrected chi connectivity index (χ0v) is 9.87. The van der Waals surface area contributed by atoms with E-state index >= 15 is 0 Å². The number of rotatable bonds is 2. The maximum atomic E-state index is 10.6. The van der Waals surface area contributed by atoms with Crippen LogP contribution in [-0.2, 0) is 3.36 Å². The predicted octanol–water partition coefficient (Wildman–Crippen LogP) is 2.57. The van der Waals surface area contributed by atoms with E-state index in [1.54, 1.807) is 19.1 Å². The van der Waals surface area contributed by atoms with Crippen molar-refractivity contribution in [2.24, 2.45) is 0 Å². The molecule has 0 aliphatic rings. The standard InChI is InChI=1S/C7H6Br2N2O2/c1-5-3-2-4-10-6(5)7(8,9)11(12)13/h2-4H,1H3. The average molecular weight is 310 g/mol. The van der Waals surface area contributed by atoms with Crippen LogP contribution in [0.5, 0.6) is 0 Å². The van der Waals surface area contributed by atoms with E-state index in [2.05, 4.69) is 36.8 Å². The molecule has 0 bridgehead atoms. The van der Waals surface area contributed by atoms with E-state index in [0.29, 0.717) is 5.69 Å². The first kappa shape index (κ1) is 10.6. The van der Waals surface area contributed by atoms with Crippen molar-refractivity contribution in [3.05, 3.63) is 39.7 Å². The molecule has 0 amide bonds. The van der Waals surface area contributed by atoms with E-state index < -0.39 is 8.28 Å². The number of alkyl halides is 2. The summed E-state index contributed by atoms with van der Waals surface area (Å²) in [5, 5.41) is 10.6. The molecule has 0 unspecified atom stereocenters. The first-order valence-corrected chi connectivity index (χ1v) is 4.99. The number of hydrogen-bond donors (Lipinski definition) is 0. The molecule has 1 aromatic rings. The number of nitro groups is 1. The molecule has 0 fully saturated rings. The Bertz CT molecular complexity index is 341. The van der Waals surface area contributed by atoms with Gasteiger partial charge in [-0.1, -0.05) is 6.07 Å². The molecular weight excluding hydrogens is 304 g/mol. The lowest BCUT2D eigenvalue weighted by Crippen LogP contribution is -2.23. The van der Waals surface area contributed by atoms with Gasteiger partial charge < -0.3 is 0 Å². The Morgan fingerprint density at radius 1 is 1.62 bits per heavy atom. The van der Waals surface area contributed by atoms with E-state index in [9.17, 15) is 10.1 Å². The molecule has 0 aromatic carbocycles. The van der Waals surface area contributed by atoms with Crippen molar-refractivity contribution in [3.8, 4) is 0 Å². The van der Waals surface area contributed by atoms with Crippen LogP contribution < -0.4 is 0 Å². The molecular formula is C7H6Br2N2O2. The molecule has 1 rings (SSSR count). The number of aromatic nitrogens is 1. The van der Waals surface area contributed by atoms with Gasteiger partial charge in [0.25, 0.3) is 0 Å². The molecule has 0 radical (unpaired) electrons. The van der Waals surface area contributed by atoms with Crippen molar-refractivity contribution in [2.75, 3.05) is 0 Å². The fourth-order valence-corrected chi connectivity index (χ4v) is 1.72. The van der Waals surface area contributed by atoms with Gasteiger partial charge in [0, 0.05) is 38.1 Å². The molecule has 1 heterocycles. The van der Waals surface area contributed by atoms with Crippen molar-refractivity contribution < 1.29 is 4.92 Å². The second-order valence-corrected chi connectivity index (χ2v) is 5.83. The second kappa shape index (κ2) is 3.71. The highest BCUT2D eigenvalue weighted by Gasteiger charge is 2.41.